The molecule has 5 aliphatic rings. The van der Waals surface area contributed by atoms with Crippen LogP contribution in [0.4, 0.5) is 43.3 Å². The zero-order valence-corrected chi connectivity index (χ0v) is 43.8. The number of ether oxygens (including phenoxy) is 1. The Balaban J connectivity index is 0.794. The van der Waals surface area contributed by atoms with Crippen molar-refractivity contribution in [3.8, 4) is 16.9 Å². The third-order valence-corrected chi connectivity index (χ3v) is 17.2. The number of anilines is 6. The lowest BCUT2D eigenvalue weighted by atomic mass is 9.89. The molecule has 0 spiro atoms. The molecule has 5 aromatic rings. The highest BCUT2D eigenvalue weighted by Crippen LogP contribution is 2.45. The van der Waals surface area contributed by atoms with Crippen LogP contribution in [0.3, 0.4) is 0 Å². The number of amides is 3. The highest BCUT2D eigenvalue weighted by molar-refractivity contribution is 9.10. The highest BCUT2D eigenvalue weighted by atomic mass is 79.9. The van der Waals surface area contributed by atoms with E-state index in [4.69, 9.17) is 9.72 Å². The molecule has 16 nitrogen and oxygen atoms in total. The standard InChI is InChI=1S/C52H61BrF2N11O5P/c1-30-6-10-42(48(31(30)2)72(4,5)70)58-49-39(53)27-56-52(61-49)59-43-24-38(33-26-57-62(3)28-33)44(25-45(43)71-36-7-8-36)64-16-13-34(14-17-64)63-18-20-65(21-19-63)51(69)32-12-15-66(29-32)35-22-40(54)47(41(55)23-35)37-9-11-46(67)60-50(37)68/h6,10,22-28,32,34,36-37H,7-9,11-21,29H2,1-5H3,(H,60,67,68)(H2,56,58,59,61)/t32-,37?/m1/s1. The van der Waals surface area contributed by atoms with Crippen LogP contribution in [0.5, 0.6) is 5.75 Å². The van der Waals surface area contributed by atoms with Crippen molar-refractivity contribution in [3.05, 3.63) is 87.8 Å². The zero-order chi connectivity index (χ0) is 50.6. The summed E-state index contributed by atoms with van der Waals surface area (Å²) in [6.07, 6.45) is 10.2. The minimum absolute atomic E-state index is 0.0237. The van der Waals surface area contributed by atoms with Crippen molar-refractivity contribution in [3.63, 3.8) is 0 Å². The Kier molecular flexibility index (Phi) is 13.9. The molecule has 6 heterocycles. The number of carbonyl (C=O) groups is 3. The molecule has 3 amide bonds. The van der Waals surface area contributed by atoms with Gasteiger partial charge in [-0.05, 0) is 117 Å². The lowest BCUT2D eigenvalue weighted by Crippen LogP contribution is -2.55. The molecule has 3 N–H and O–H groups in total. The van der Waals surface area contributed by atoms with E-state index in [-0.39, 0.29) is 36.3 Å². The molecule has 2 atom stereocenters. The number of imide groups is 1. The fourth-order valence-corrected chi connectivity index (χ4v) is 12.8. The normalized spacial score (nSPS) is 20.2. The molecule has 72 heavy (non-hydrogen) atoms. The molecule has 1 saturated carbocycles. The molecule has 0 radical (unpaired) electrons. The van der Waals surface area contributed by atoms with Crippen molar-refractivity contribution in [1.29, 1.82) is 0 Å². The Hall–Kier alpha value is -5.91. The van der Waals surface area contributed by atoms with Gasteiger partial charge in [-0.1, -0.05) is 6.07 Å². The van der Waals surface area contributed by atoms with Crippen LogP contribution in [0.1, 0.15) is 67.6 Å². The van der Waals surface area contributed by atoms with Gasteiger partial charge in [-0.25, -0.2) is 13.8 Å². The van der Waals surface area contributed by atoms with Gasteiger partial charge in [0.25, 0.3) is 0 Å². The van der Waals surface area contributed by atoms with Crippen LogP contribution < -0.4 is 35.8 Å². The van der Waals surface area contributed by atoms with E-state index in [1.807, 2.05) is 55.2 Å². The van der Waals surface area contributed by atoms with Crippen LogP contribution in [0.25, 0.3) is 11.1 Å². The monoisotopic (exact) mass is 1070 g/mol. The van der Waals surface area contributed by atoms with Gasteiger partial charge >= 0.3 is 0 Å². The first kappa shape index (κ1) is 49.7. The molecule has 5 fully saturated rings. The van der Waals surface area contributed by atoms with Crippen molar-refractivity contribution < 1.29 is 32.5 Å². The largest absolute Gasteiger partial charge is 0.488 e. The van der Waals surface area contributed by atoms with E-state index in [1.165, 1.54) is 12.1 Å². The maximum Gasteiger partial charge on any atom is 0.234 e. The maximum absolute atomic E-state index is 15.4. The van der Waals surface area contributed by atoms with Crippen LogP contribution in [-0.2, 0) is 26.0 Å². The van der Waals surface area contributed by atoms with Crippen molar-refractivity contribution in [2.24, 2.45) is 13.0 Å². The maximum atomic E-state index is 15.4. The summed E-state index contributed by atoms with van der Waals surface area (Å²) in [6, 6.07) is 11.1. The predicted molar refractivity (Wildman–Crippen MR) is 279 cm³/mol. The summed E-state index contributed by atoms with van der Waals surface area (Å²) in [5.41, 5.74) is 6.58. The lowest BCUT2D eigenvalue weighted by Gasteiger charge is -2.44. The number of halogens is 3. The first-order chi connectivity index (χ1) is 34.5. The molecular weight excluding hydrogens is 1010 g/mol. The van der Waals surface area contributed by atoms with Crippen LogP contribution >= 0.6 is 23.1 Å². The second kappa shape index (κ2) is 20.2. The first-order valence-electron chi connectivity index (χ1n) is 24.9. The fraction of sp³-hybridized carbons (Fsp3) is 0.462. The third-order valence-electron chi connectivity index (χ3n) is 14.9. The summed E-state index contributed by atoms with van der Waals surface area (Å²) in [5.74, 6) is -2.46. The van der Waals surface area contributed by atoms with Gasteiger partial charge in [-0.3, -0.25) is 29.3 Å². The Morgan fingerprint density at radius 1 is 0.875 bits per heavy atom. The number of carbonyl (C=O) groups excluding carboxylic acids is 3. The van der Waals surface area contributed by atoms with E-state index in [9.17, 15) is 18.9 Å². The molecule has 0 bridgehead atoms. The van der Waals surface area contributed by atoms with E-state index >= 15 is 8.78 Å². The molecule has 4 saturated heterocycles. The molecule has 3 aromatic carbocycles. The van der Waals surface area contributed by atoms with Crippen molar-refractivity contribution in [2.75, 3.05) is 86.1 Å². The van der Waals surface area contributed by atoms with E-state index in [2.05, 4.69) is 63.9 Å². The Labute approximate surface area is 426 Å². The number of hydrogen-bond acceptors (Lipinski definition) is 13. The van der Waals surface area contributed by atoms with E-state index in [1.54, 1.807) is 24.2 Å². The molecular formula is C52H61BrF2N11O5P. The number of hydrogen-bond donors (Lipinski definition) is 3. The van der Waals surface area contributed by atoms with Gasteiger partial charge in [0.1, 0.15) is 30.3 Å². The number of nitrogens with zero attached hydrogens (tertiary/aromatic N) is 8. The SMILES string of the molecule is Cc1ccc(Nc2nc(Nc3cc(-c4cnn(C)c4)c(N4CCC(N5CCN(C(=O)[C@@H]6CCN(c7cc(F)c(C8CCC(=O)NC8=O)c(F)c7)C6)CC5)CC4)cc3OC3CC3)ncc2Br)c(P(C)(C)=O)c1C. The number of aryl methyl sites for hydroxylation is 2. The zero-order valence-electron chi connectivity index (χ0n) is 41.3. The lowest BCUT2D eigenvalue weighted by molar-refractivity contribution is -0.137. The summed E-state index contributed by atoms with van der Waals surface area (Å²) in [6.45, 7) is 12.9. The Morgan fingerprint density at radius 2 is 1.60 bits per heavy atom. The van der Waals surface area contributed by atoms with Crippen LogP contribution in [0.2, 0.25) is 0 Å². The van der Waals surface area contributed by atoms with Gasteiger partial charge < -0.3 is 34.6 Å². The minimum Gasteiger partial charge on any atom is -0.488 e. The smallest absolute Gasteiger partial charge is 0.234 e. The molecule has 20 heteroatoms. The molecule has 4 aliphatic heterocycles. The second-order valence-corrected chi connectivity index (χ2v) is 24.3. The molecule has 10 rings (SSSR count). The Bertz CT molecular complexity index is 2960. The highest BCUT2D eigenvalue weighted by Gasteiger charge is 2.38. The Morgan fingerprint density at radius 3 is 2.26 bits per heavy atom. The number of piperazine rings is 1. The summed E-state index contributed by atoms with van der Waals surface area (Å²) < 4.78 is 53.3. The van der Waals surface area contributed by atoms with Crippen LogP contribution in [0, 0.1) is 31.4 Å². The topological polar surface area (TPSA) is 170 Å². The number of rotatable bonds is 13. The van der Waals surface area contributed by atoms with E-state index in [0.717, 1.165) is 96.5 Å². The minimum atomic E-state index is -2.65. The summed E-state index contributed by atoms with van der Waals surface area (Å²) in [4.78, 5) is 56.1. The molecule has 1 unspecified atom stereocenters. The molecule has 2 aromatic heterocycles. The number of piperidine rings is 2. The van der Waals surface area contributed by atoms with Gasteiger partial charge in [-0.15, -0.1) is 0 Å². The van der Waals surface area contributed by atoms with Crippen LogP contribution in [-0.4, -0.2) is 125 Å². The number of nitrogens with one attached hydrogen (secondary N) is 3. The van der Waals surface area contributed by atoms with Crippen LogP contribution in [0.15, 0.2) is 59.5 Å². The third kappa shape index (κ3) is 10.5. The fourth-order valence-electron chi connectivity index (χ4n) is 10.8. The average Bonchev–Trinajstić information content (AvgIpc) is 3.83. The summed E-state index contributed by atoms with van der Waals surface area (Å²) >= 11 is 3.63. The van der Waals surface area contributed by atoms with Crippen molar-refractivity contribution >= 4 is 80.6 Å². The number of benzene rings is 3. The second-order valence-electron chi connectivity index (χ2n) is 20.3. The van der Waals surface area contributed by atoms with Gasteiger partial charge in [-0.2, -0.15) is 10.1 Å². The van der Waals surface area contributed by atoms with Crippen molar-refractivity contribution in [1.82, 2.24) is 34.9 Å². The average molecular weight is 1070 g/mol. The van der Waals surface area contributed by atoms with E-state index in [0.29, 0.717) is 66.3 Å². The predicted octanol–water partition coefficient (Wildman–Crippen LogP) is 7.97. The van der Waals surface area contributed by atoms with Gasteiger partial charge in [0.05, 0.1) is 40.0 Å². The van der Waals surface area contributed by atoms with Gasteiger partial charge in [0.2, 0.25) is 23.7 Å². The van der Waals surface area contributed by atoms with E-state index < -0.39 is 36.5 Å². The first-order valence-corrected chi connectivity index (χ1v) is 28.3. The molecule has 1 aliphatic carbocycles. The van der Waals surface area contributed by atoms with Gasteiger partial charge in [0, 0.05) is 124 Å². The number of aromatic nitrogens is 4. The molecule has 380 valence electrons. The van der Waals surface area contributed by atoms with Gasteiger partial charge in [0.15, 0.2) is 0 Å². The van der Waals surface area contributed by atoms with Crippen molar-refractivity contribution in [2.45, 2.75) is 76.9 Å². The summed E-state index contributed by atoms with van der Waals surface area (Å²) in [5, 5.41) is 14.4. The quantitative estimate of drug-likeness (QED) is 0.0768. The summed E-state index contributed by atoms with van der Waals surface area (Å²) in [7, 11) is -0.738.